The molecule has 21 heavy (non-hydrogen) atoms. The lowest BCUT2D eigenvalue weighted by Crippen LogP contribution is -2.01. The average Bonchev–Trinajstić information content (AvgIpc) is 2.45. The van der Waals surface area contributed by atoms with Gasteiger partial charge in [-0.15, -0.1) is 0 Å². The van der Waals surface area contributed by atoms with Crippen molar-refractivity contribution in [3.8, 4) is 5.75 Å². The number of carboxylic acids is 1. The predicted octanol–water partition coefficient (Wildman–Crippen LogP) is 3.01. The highest BCUT2D eigenvalue weighted by Crippen LogP contribution is 2.23. The molecule has 2 aromatic rings. The molecule has 0 fully saturated rings. The van der Waals surface area contributed by atoms with Crippen LogP contribution in [-0.2, 0) is 6.61 Å². The summed E-state index contributed by atoms with van der Waals surface area (Å²) in [7, 11) is 0. The van der Waals surface area contributed by atoms with Crippen LogP contribution >= 0.6 is 0 Å². The Bertz CT molecular complexity index is 702. The Hall–Kier alpha value is -2.96. The van der Waals surface area contributed by atoms with Crippen molar-refractivity contribution in [3.05, 3.63) is 69.5 Å². The SMILES string of the molecule is O=C(O)c1cccc(COc2ccc([N+](=O)[O-])c(F)c2)c1. The summed E-state index contributed by atoms with van der Waals surface area (Å²) in [6.07, 6.45) is 0. The average molecular weight is 291 g/mol. The molecule has 0 unspecified atom stereocenters. The summed E-state index contributed by atoms with van der Waals surface area (Å²) in [4.78, 5) is 20.5. The molecule has 0 saturated heterocycles. The van der Waals surface area contributed by atoms with Crippen LogP contribution in [-0.4, -0.2) is 16.0 Å². The zero-order chi connectivity index (χ0) is 15.4. The van der Waals surface area contributed by atoms with Gasteiger partial charge in [-0.3, -0.25) is 10.1 Å². The molecule has 0 saturated carbocycles. The molecule has 0 spiro atoms. The first-order valence-electron chi connectivity index (χ1n) is 5.86. The van der Waals surface area contributed by atoms with Gasteiger partial charge in [-0.1, -0.05) is 12.1 Å². The fraction of sp³-hybridized carbons (Fsp3) is 0.0714. The van der Waals surface area contributed by atoms with Crippen molar-refractivity contribution in [2.24, 2.45) is 0 Å². The van der Waals surface area contributed by atoms with Crippen LogP contribution in [0.2, 0.25) is 0 Å². The van der Waals surface area contributed by atoms with Gasteiger partial charge in [-0.05, 0) is 23.8 Å². The maximum Gasteiger partial charge on any atom is 0.335 e. The molecule has 7 heteroatoms. The van der Waals surface area contributed by atoms with E-state index in [1.165, 1.54) is 18.2 Å². The van der Waals surface area contributed by atoms with E-state index in [-0.39, 0.29) is 17.9 Å². The smallest absolute Gasteiger partial charge is 0.335 e. The largest absolute Gasteiger partial charge is 0.489 e. The second kappa shape index (κ2) is 6.00. The Morgan fingerprint density at radius 2 is 2.05 bits per heavy atom. The quantitative estimate of drug-likeness (QED) is 0.675. The molecule has 0 aliphatic heterocycles. The number of nitro benzene ring substituents is 1. The maximum absolute atomic E-state index is 13.4. The highest BCUT2D eigenvalue weighted by atomic mass is 19.1. The molecule has 0 aromatic heterocycles. The Balaban J connectivity index is 2.10. The van der Waals surface area contributed by atoms with E-state index in [2.05, 4.69) is 0 Å². The van der Waals surface area contributed by atoms with Crippen LogP contribution < -0.4 is 4.74 Å². The lowest BCUT2D eigenvalue weighted by Gasteiger charge is -2.07. The van der Waals surface area contributed by atoms with E-state index in [9.17, 15) is 19.3 Å². The van der Waals surface area contributed by atoms with E-state index < -0.39 is 22.4 Å². The van der Waals surface area contributed by atoms with E-state index in [1.54, 1.807) is 12.1 Å². The predicted molar refractivity (Wildman–Crippen MR) is 70.8 cm³/mol. The van der Waals surface area contributed by atoms with Crippen molar-refractivity contribution >= 4 is 11.7 Å². The van der Waals surface area contributed by atoms with Gasteiger partial charge in [0, 0.05) is 12.1 Å². The van der Waals surface area contributed by atoms with Gasteiger partial charge in [-0.2, -0.15) is 4.39 Å². The third-order valence-electron chi connectivity index (χ3n) is 2.70. The minimum Gasteiger partial charge on any atom is -0.489 e. The van der Waals surface area contributed by atoms with Gasteiger partial charge in [0.25, 0.3) is 0 Å². The van der Waals surface area contributed by atoms with E-state index in [0.717, 1.165) is 12.1 Å². The molecule has 1 N–H and O–H groups in total. The minimum atomic E-state index is -1.06. The summed E-state index contributed by atoms with van der Waals surface area (Å²) in [5, 5.41) is 19.3. The summed E-state index contributed by atoms with van der Waals surface area (Å²) in [6.45, 7) is 0.0262. The number of aromatic carboxylic acids is 1. The number of nitrogens with zero attached hydrogens (tertiary/aromatic N) is 1. The second-order valence-corrected chi connectivity index (χ2v) is 4.16. The van der Waals surface area contributed by atoms with Crippen LogP contribution in [0.25, 0.3) is 0 Å². The van der Waals surface area contributed by atoms with Crippen molar-refractivity contribution in [2.45, 2.75) is 6.61 Å². The van der Waals surface area contributed by atoms with Gasteiger partial charge in [0.15, 0.2) is 0 Å². The number of benzene rings is 2. The summed E-state index contributed by atoms with van der Waals surface area (Å²) < 4.78 is 18.7. The van der Waals surface area contributed by atoms with Crippen molar-refractivity contribution in [3.63, 3.8) is 0 Å². The highest BCUT2D eigenvalue weighted by Gasteiger charge is 2.14. The van der Waals surface area contributed by atoms with Crippen LogP contribution in [0, 0.1) is 15.9 Å². The van der Waals surface area contributed by atoms with Crippen LogP contribution in [0.5, 0.6) is 5.75 Å². The van der Waals surface area contributed by atoms with E-state index in [0.29, 0.717) is 5.56 Å². The lowest BCUT2D eigenvalue weighted by molar-refractivity contribution is -0.387. The number of rotatable bonds is 5. The summed E-state index contributed by atoms with van der Waals surface area (Å²) in [6, 6.07) is 9.31. The van der Waals surface area contributed by atoms with Gasteiger partial charge < -0.3 is 9.84 Å². The standard InChI is InChI=1S/C14H10FNO5/c15-12-7-11(4-5-13(12)16(19)20)21-8-9-2-1-3-10(6-9)14(17)18/h1-7H,8H2,(H,17,18). The molecule has 0 radical (unpaired) electrons. The molecule has 2 aromatic carbocycles. The van der Waals surface area contributed by atoms with Gasteiger partial charge >= 0.3 is 11.7 Å². The Labute approximate surface area is 118 Å². The molecule has 0 aliphatic carbocycles. The molecule has 0 heterocycles. The molecular weight excluding hydrogens is 281 g/mol. The fourth-order valence-electron chi connectivity index (χ4n) is 1.69. The third kappa shape index (κ3) is 3.53. The molecule has 0 bridgehead atoms. The fourth-order valence-corrected chi connectivity index (χ4v) is 1.69. The molecule has 2 rings (SSSR count). The molecule has 6 nitrogen and oxygen atoms in total. The number of carboxylic acid groups (broad SMARTS) is 1. The monoisotopic (exact) mass is 291 g/mol. The zero-order valence-electron chi connectivity index (χ0n) is 10.7. The first-order chi connectivity index (χ1) is 9.97. The number of hydrogen-bond acceptors (Lipinski definition) is 4. The van der Waals surface area contributed by atoms with Gasteiger partial charge in [0.1, 0.15) is 12.4 Å². The second-order valence-electron chi connectivity index (χ2n) is 4.16. The van der Waals surface area contributed by atoms with Gasteiger partial charge in [0.2, 0.25) is 5.82 Å². The van der Waals surface area contributed by atoms with Crippen molar-refractivity contribution in [1.82, 2.24) is 0 Å². The highest BCUT2D eigenvalue weighted by molar-refractivity contribution is 5.87. The number of nitro groups is 1. The molecular formula is C14H10FNO5. The zero-order valence-corrected chi connectivity index (χ0v) is 10.7. The summed E-state index contributed by atoms with van der Waals surface area (Å²) >= 11 is 0. The van der Waals surface area contributed by atoms with E-state index >= 15 is 0 Å². The van der Waals surface area contributed by atoms with Crippen molar-refractivity contribution < 1.29 is 24.0 Å². The number of halogens is 1. The minimum absolute atomic E-state index is 0.0262. The topological polar surface area (TPSA) is 89.7 Å². The van der Waals surface area contributed by atoms with Gasteiger partial charge in [-0.25, -0.2) is 4.79 Å². The summed E-state index contributed by atoms with van der Waals surface area (Å²) in [5.74, 6) is -1.92. The first-order valence-corrected chi connectivity index (χ1v) is 5.86. The van der Waals surface area contributed by atoms with Crippen LogP contribution in [0.4, 0.5) is 10.1 Å². The van der Waals surface area contributed by atoms with Gasteiger partial charge in [0.05, 0.1) is 10.5 Å². The number of carbonyl (C=O) groups is 1. The Morgan fingerprint density at radius 1 is 1.29 bits per heavy atom. The third-order valence-corrected chi connectivity index (χ3v) is 2.70. The van der Waals surface area contributed by atoms with Crippen LogP contribution in [0.15, 0.2) is 42.5 Å². The maximum atomic E-state index is 13.4. The Kier molecular flexibility index (Phi) is 4.13. The number of hydrogen-bond donors (Lipinski definition) is 1. The first kappa shape index (κ1) is 14.4. The van der Waals surface area contributed by atoms with E-state index in [1.807, 2.05) is 0 Å². The van der Waals surface area contributed by atoms with Crippen LogP contribution in [0.3, 0.4) is 0 Å². The van der Waals surface area contributed by atoms with Crippen molar-refractivity contribution in [2.75, 3.05) is 0 Å². The van der Waals surface area contributed by atoms with Crippen molar-refractivity contribution in [1.29, 1.82) is 0 Å². The lowest BCUT2D eigenvalue weighted by atomic mass is 10.1. The number of ether oxygens (including phenoxy) is 1. The normalized spacial score (nSPS) is 10.1. The molecule has 108 valence electrons. The Morgan fingerprint density at radius 3 is 2.67 bits per heavy atom. The molecule has 0 atom stereocenters. The summed E-state index contributed by atoms with van der Waals surface area (Å²) in [5.41, 5.74) is 0.0786. The molecule has 0 amide bonds. The van der Waals surface area contributed by atoms with Crippen LogP contribution in [0.1, 0.15) is 15.9 Å². The van der Waals surface area contributed by atoms with E-state index in [4.69, 9.17) is 9.84 Å². The molecule has 0 aliphatic rings.